The van der Waals surface area contributed by atoms with Crippen molar-refractivity contribution in [2.24, 2.45) is 5.73 Å². The second-order valence-corrected chi connectivity index (χ2v) is 4.97. The molecule has 0 aliphatic carbocycles. The number of hydrogen-bond donors (Lipinski definition) is 1. The van der Waals surface area contributed by atoms with E-state index in [1.165, 1.54) is 13.2 Å². The van der Waals surface area contributed by atoms with Gasteiger partial charge in [0.1, 0.15) is 0 Å². The third-order valence-electron chi connectivity index (χ3n) is 3.48. The lowest BCUT2D eigenvalue weighted by molar-refractivity contribution is 0.139. The molecule has 4 heteroatoms. The second kappa shape index (κ2) is 5.67. The normalized spacial score (nSPS) is 24.6. The third-order valence-corrected chi connectivity index (χ3v) is 3.48. The second-order valence-electron chi connectivity index (χ2n) is 4.97. The Labute approximate surface area is 107 Å². The summed E-state index contributed by atoms with van der Waals surface area (Å²) in [4.78, 5) is 0. The quantitative estimate of drug-likeness (QED) is 0.898. The van der Waals surface area contributed by atoms with Gasteiger partial charge in [0.25, 0.3) is 0 Å². The molecule has 1 atom stereocenters. The molecule has 2 rings (SSSR count). The molecule has 1 heterocycles. The van der Waals surface area contributed by atoms with Crippen LogP contribution < -0.4 is 10.5 Å². The van der Waals surface area contributed by atoms with E-state index in [9.17, 15) is 4.39 Å². The fourth-order valence-corrected chi connectivity index (χ4v) is 2.43. The summed E-state index contributed by atoms with van der Waals surface area (Å²) < 4.78 is 23.9. The zero-order valence-corrected chi connectivity index (χ0v) is 10.7. The molecule has 2 N–H and O–H groups in total. The zero-order valence-electron chi connectivity index (χ0n) is 10.7. The molecule has 0 bridgehead atoms. The lowest BCUT2D eigenvalue weighted by Crippen LogP contribution is -2.42. The van der Waals surface area contributed by atoms with Crippen LogP contribution >= 0.6 is 0 Å². The molecule has 1 saturated heterocycles. The van der Waals surface area contributed by atoms with Crippen LogP contribution in [0.25, 0.3) is 0 Å². The van der Waals surface area contributed by atoms with Crippen molar-refractivity contribution in [1.82, 2.24) is 0 Å². The Balaban J connectivity index is 2.10. The summed E-state index contributed by atoms with van der Waals surface area (Å²) in [5, 5.41) is 0. The van der Waals surface area contributed by atoms with Crippen molar-refractivity contribution >= 4 is 0 Å². The van der Waals surface area contributed by atoms with Gasteiger partial charge in [0, 0.05) is 18.8 Å². The predicted molar refractivity (Wildman–Crippen MR) is 68.2 cm³/mol. The molecular formula is C14H20FNO2. The lowest BCUT2D eigenvalue weighted by Gasteiger charge is -2.27. The van der Waals surface area contributed by atoms with Crippen LogP contribution in [0.3, 0.4) is 0 Å². The van der Waals surface area contributed by atoms with Gasteiger partial charge in [0.2, 0.25) is 0 Å². The van der Waals surface area contributed by atoms with Crippen molar-refractivity contribution in [3.05, 3.63) is 29.6 Å². The minimum absolute atomic E-state index is 0.272. The molecule has 0 saturated carbocycles. The molecule has 0 amide bonds. The average molecular weight is 253 g/mol. The Hall–Kier alpha value is -1.13. The minimum atomic E-state index is -0.330. The molecule has 1 aromatic carbocycles. The van der Waals surface area contributed by atoms with E-state index in [2.05, 4.69) is 0 Å². The Morgan fingerprint density at radius 1 is 1.39 bits per heavy atom. The van der Waals surface area contributed by atoms with E-state index >= 15 is 0 Å². The van der Waals surface area contributed by atoms with Gasteiger partial charge < -0.3 is 15.2 Å². The number of nitrogens with two attached hydrogens (primary N) is 1. The van der Waals surface area contributed by atoms with Gasteiger partial charge in [-0.15, -0.1) is 0 Å². The molecule has 1 aliphatic rings. The number of hydrogen-bond acceptors (Lipinski definition) is 3. The minimum Gasteiger partial charge on any atom is -0.494 e. The van der Waals surface area contributed by atoms with Crippen LogP contribution in [0.4, 0.5) is 4.39 Å². The van der Waals surface area contributed by atoms with Crippen molar-refractivity contribution in [3.63, 3.8) is 0 Å². The maximum atomic E-state index is 13.6. The number of methoxy groups -OCH3 is 1. The van der Waals surface area contributed by atoms with Gasteiger partial charge >= 0.3 is 0 Å². The van der Waals surface area contributed by atoms with Gasteiger partial charge in [-0.3, -0.25) is 0 Å². The van der Waals surface area contributed by atoms with E-state index in [-0.39, 0.29) is 17.1 Å². The Kier molecular flexibility index (Phi) is 4.19. The molecular weight excluding hydrogens is 233 g/mol. The highest BCUT2D eigenvalue weighted by Gasteiger charge is 2.27. The number of ether oxygens (including phenoxy) is 2. The van der Waals surface area contributed by atoms with Crippen LogP contribution in [-0.4, -0.2) is 25.9 Å². The standard InChI is InChI=1S/C14H20FNO2/c1-17-13-4-3-11(9-12(13)15)10-14(16)5-2-7-18-8-6-14/h3-4,9H,2,5-8,10,16H2,1H3. The predicted octanol–water partition coefficient (Wildman–Crippen LogP) is 2.27. The molecule has 0 aromatic heterocycles. The van der Waals surface area contributed by atoms with Crippen molar-refractivity contribution in [1.29, 1.82) is 0 Å². The van der Waals surface area contributed by atoms with Gasteiger partial charge in [-0.1, -0.05) is 6.07 Å². The van der Waals surface area contributed by atoms with Crippen molar-refractivity contribution < 1.29 is 13.9 Å². The van der Waals surface area contributed by atoms with Gasteiger partial charge in [-0.2, -0.15) is 0 Å². The first-order valence-corrected chi connectivity index (χ1v) is 6.32. The highest BCUT2D eigenvalue weighted by molar-refractivity contribution is 5.30. The summed E-state index contributed by atoms with van der Waals surface area (Å²) in [6.07, 6.45) is 3.38. The van der Waals surface area contributed by atoms with Crippen LogP contribution in [0.15, 0.2) is 18.2 Å². The first-order chi connectivity index (χ1) is 8.63. The highest BCUT2D eigenvalue weighted by Crippen LogP contribution is 2.25. The van der Waals surface area contributed by atoms with Gasteiger partial charge in [-0.05, 0) is 43.4 Å². The summed E-state index contributed by atoms with van der Waals surface area (Å²) in [6, 6.07) is 5.04. The van der Waals surface area contributed by atoms with E-state index in [0.29, 0.717) is 13.0 Å². The summed E-state index contributed by atoms with van der Waals surface area (Å²) in [7, 11) is 1.46. The highest BCUT2D eigenvalue weighted by atomic mass is 19.1. The first kappa shape index (κ1) is 13.3. The van der Waals surface area contributed by atoms with Gasteiger partial charge in [0.15, 0.2) is 11.6 Å². The monoisotopic (exact) mass is 253 g/mol. The summed E-state index contributed by atoms with van der Waals surface area (Å²) in [6.45, 7) is 1.46. The third kappa shape index (κ3) is 3.21. The van der Waals surface area contributed by atoms with Crippen molar-refractivity contribution in [3.8, 4) is 5.75 Å². The number of rotatable bonds is 3. The first-order valence-electron chi connectivity index (χ1n) is 6.32. The SMILES string of the molecule is COc1ccc(CC2(N)CCCOCC2)cc1F. The van der Waals surface area contributed by atoms with E-state index in [4.69, 9.17) is 15.2 Å². The molecule has 0 spiro atoms. The maximum absolute atomic E-state index is 13.6. The summed E-state index contributed by atoms with van der Waals surface area (Å²) >= 11 is 0. The Morgan fingerprint density at radius 3 is 2.94 bits per heavy atom. The number of halogens is 1. The van der Waals surface area contributed by atoms with Crippen LogP contribution in [0.5, 0.6) is 5.75 Å². The molecule has 1 unspecified atom stereocenters. The van der Waals surface area contributed by atoms with Crippen LogP contribution in [0, 0.1) is 5.82 Å². The zero-order chi connectivity index (χ0) is 13.0. The largest absolute Gasteiger partial charge is 0.494 e. The molecule has 100 valence electrons. The van der Waals surface area contributed by atoms with Gasteiger partial charge in [0.05, 0.1) is 7.11 Å². The van der Waals surface area contributed by atoms with Crippen LogP contribution in [0.1, 0.15) is 24.8 Å². The van der Waals surface area contributed by atoms with Crippen LogP contribution in [0.2, 0.25) is 0 Å². The van der Waals surface area contributed by atoms with Crippen LogP contribution in [-0.2, 0) is 11.2 Å². The van der Waals surface area contributed by atoms with E-state index in [1.54, 1.807) is 6.07 Å². The maximum Gasteiger partial charge on any atom is 0.165 e. The Morgan fingerprint density at radius 2 is 2.22 bits per heavy atom. The summed E-state index contributed by atoms with van der Waals surface area (Å²) in [5.41, 5.74) is 7.01. The Bertz CT molecular complexity index is 401. The molecule has 1 aliphatic heterocycles. The average Bonchev–Trinajstić information content (AvgIpc) is 2.54. The fourth-order valence-electron chi connectivity index (χ4n) is 2.43. The van der Waals surface area contributed by atoms with Crippen molar-refractivity contribution in [2.45, 2.75) is 31.2 Å². The molecule has 0 radical (unpaired) electrons. The topological polar surface area (TPSA) is 44.5 Å². The van der Waals surface area contributed by atoms with Crippen molar-refractivity contribution in [2.75, 3.05) is 20.3 Å². The molecule has 3 nitrogen and oxygen atoms in total. The molecule has 18 heavy (non-hydrogen) atoms. The van der Waals surface area contributed by atoms with Gasteiger partial charge in [-0.25, -0.2) is 4.39 Å². The lowest BCUT2D eigenvalue weighted by atomic mass is 9.85. The van der Waals surface area contributed by atoms with E-state index in [1.807, 2.05) is 6.07 Å². The molecule has 1 fully saturated rings. The summed E-state index contributed by atoms with van der Waals surface area (Å²) in [5.74, 6) is -0.0579. The smallest absolute Gasteiger partial charge is 0.165 e. The number of benzene rings is 1. The van der Waals surface area contributed by atoms with E-state index in [0.717, 1.165) is 31.4 Å². The molecule has 1 aromatic rings. The van der Waals surface area contributed by atoms with E-state index < -0.39 is 0 Å². The fraction of sp³-hybridized carbons (Fsp3) is 0.571.